The van der Waals surface area contributed by atoms with Gasteiger partial charge in [0.05, 0.1) is 0 Å². The van der Waals surface area contributed by atoms with Gasteiger partial charge in [-0.3, -0.25) is 9.80 Å². The molecule has 1 aromatic heterocycles. The van der Waals surface area contributed by atoms with E-state index in [0.717, 1.165) is 18.9 Å². The van der Waals surface area contributed by atoms with Crippen molar-refractivity contribution < 1.29 is 0 Å². The van der Waals surface area contributed by atoms with E-state index in [2.05, 4.69) is 43.0 Å². The van der Waals surface area contributed by atoms with Crippen LogP contribution in [0.3, 0.4) is 0 Å². The van der Waals surface area contributed by atoms with E-state index >= 15 is 0 Å². The number of piperazine rings is 1. The summed E-state index contributed by atoms with van der Waals surface area (Å²) in [5, 5.41) is 0. The van der Waals surface area contributed by atoms with E-state index in [9.17, 15) is 0 Å². The summed E-state index contributed by atoms with van der Waals surface area (Å²) in [5.74, 6) is 1.68. The predicted octanol–water partition coefficient (Wildman–Crippen LogP) is 3.83. The lowest BCUT2D eigenvalue weighted by Gasteiger charge is -2.43. The van der Waals surface area contributed by atoms with Gasteiger partial charge in [0.15, 0.2) is 0 Å². The first-order valence-electron chi connectivity index (χ1n) is 9.96. The van der Waals surface area contributed by atoms with E-state index in [1.54, 1.807) is 0 Å². The summed E-state index contributed by atoms with van der Waals surface area (Å²) in [6.45, 7) is 11.4. The summed E-state index contributed by atoms with van der Waals surface area (Å²) in [6.07, 6.45) is 12.0. The van der Waals surface area contributed by atoms with Crippen LogP contribution in [0.15, 0.2) is 12.4 Å². The van der Waals surface area contributed by atoms with Crippen LogP contribution in [-0.2, 0) is 6.54 Å². The van der Waals surface area contributed by atoms with Crippen molar-refractivity contribution in [1.82, 2.24) is 19.8 Å². The summed E-state index contributed by atoms with van der Waals surface area (Å²) in [5.41, 5.74) is 1.27. The molecule has 1 aromatic rings. The standard InChI is InChI=1S/C20H34N4/c1-4-19-15-23(10-11-24(19)16(2)3)14-17-12-21-20(22-13-17)18-8-6-5-7-9-18/h12-13,16,18-19H,4-11,14-15H2,1-3H3/t19-/m1/s1. The van der Waals surface area contributed by atoms with E-state index in [1.807, 2.05) is 0 Å². The lowest BCUT2D eigenvalue weighted by molar-refractivity contribution is 0.0456. The largest absolute Gasteiger partial charge is 0.296 e. The Morgan fingerprint density at radius 2 is 1.79 bits per heavy atom. The van der Waals surface area contributed by atoms with Gasteiger partial charge in [0.25, 0.3) is 0 Å². The fraction of sp³-hybridized carbons (Fsp3) is 0.800. The molecule has 2 heterocycles. The molecular weight excluding hydrogens is 296 g/mol. The number of rotatable bonds is 5. The molecule has 134 valence electrons. The molecule has 0 aromatic carbocycles. The van der Waals surface area contributed by atoms with Gasteiger partial charge in [-0.15, -0.1) is 0 Å². The number of nitrogens with zero attached hydrogens (tertiary/aromatic N) is 4. The maximum atomic E-state index is 4.70. The normalized spacial score (nSPS) is 24.6. The monoisotopic (exact) mass is 330 g/mol. The Hall–Kier alpha value is -1.00. The Labute approximate surface area is 147 Å². The van der Waals surface area contributed by atoms with Crippen molar-refractivity contribution in [3.05, 3.63) is 23.8 Å². The molecule has 1 saturated heterocycles. The zero-order chi connectivity index (χ0) is 16.9. The number of hydrogen-bond donors (Lipinski definition) is 0. The smallest absolute Gasteiger partial charge is 0.131 e. The Morgan fingerprint density at radius 3 is 2.42 bits per heavy atom. The van der Waals surface area contributed by atoms with Crippen LogP contribution in [0.25, 0.3) is 0 Å². The summed E-state index contributed by atoms with van der Waals surface area (Å²) in [4.78, 5) is 14.6. The van der Waals surface area contributed by atoms with Crippen molar-refractivity contribution in [1.29, 1.82) is 0 Å². The summed E-state index contributed by atoms with van der Waals surface area (Å²) in [6, 6.07) is 1.33. The molecule has 0 bridgehead atoms. The summed E-state index contributed by atoms with van der Waals surface area (Å²) in [7, 11) is 0. The third-order valence-corrected chi connectivity index (χ3v) is 5.85. The minimum atomic E-state index is 0.604. The molecule has 24 heavy (non-hydrogen) atoms. The van der Waals surface area contributed by atoms with Gasteiger partial charge >= 0.3 is 0 Å². The first kappa shape index (κ1) is 17.8. The highest BCUT2D eigenvalue weighted by Gasteiger charge is 2.27. The van der Waals surface area contributed by atoms with Gasteiger partial charge in [0, 0.05) is 62.1 Å². The van der Waals surface area contributed by atoms with Crippen molar-refractivity contribution in [2.45, 2.75) is 83.8 Å². The highest BCUT2D eigenvalue weighted by Crippen LogP contribution is 2.30. The quantitative estimate of drug-likeness (QED) is 0.821. The van der Waals surface area contributed by atoms with Gasteiger partial charge in [-0.25, -0.2) is 9.97 Å². The molecule has 4 heteroatoms. The maximum Gasteiger partial charge on any atom is 0.131 e. The molecule has 1 aliphatic heterocycles. The van der Waals surface area contributed by atoms with Crippen LogP contribution in [0, 0.1) is 0 Å². The molecule has 1 atom stereocenters. The predicted molar refractivity (Wildman–Crippen MR) is 99.1 cm³/mol. The van der Waals surface area contributed by atoms with E-state index in [4.69, 9.17) is 9.97 Å². The highest BCUT2D eigenvalue weighted by atomic mass is 15.3. The second kappa shape index (κ2) is 8.39. The van der Waals surface area contributed by atoms with E-state index in [1.165, 1.54) is 57.2 Å². The van der Waals surface area contributed by atoms with Crippen LogP contribution in [0.1, 0.15) is 76.6 Å². The molecule has 2 aliphatic rings. The number of aromatic nitrogens is 2. The van der Waals surface area contributed by atoms with E-state index in [-0.39, 0.29) is 0 Å². The topological polar surface area (TPSA) is 32.3 Å². The zero-order valence-electron chi connectivity index (χ0n) is 15.7. The first-order chi connectivity index (χ1) is 11.7. The van der Waals surface area contributed by atoms with Gasteiger partial charge in [0.1, 0.15) is 5.82 Å². The fourth-order valence-corrected chi connectivity index (χ4v) is 4.40. The Morgan fingerprint density at radius 1 is 1.08 bits per heavy atom. The van der Waals surface area contributed by atoms with Crippen molar-refractivity contribution >= 4 is 0 Å². The van der Waals surface area contributed by atoms with Gasteiger partial charge in [-0.1, -0.05) is 26.2 Å². The Bertz CT molecular complexity index is 493. The van der Waals surface area contributed by atoms with E-state index < -0.39 is 0 Å². The van der Waals surface area contributed by atoms with Gasteiger partial charge in [-0.05, 0) is 33.1 Å². The lowest BCUT2D eigenvalue weighted by atomic mass is 9.89. The highest BCUT2D eigenvalue weighted by molar-refractivity contribution is 5.08. The lowest BCUT2D eigenvalue weighted by Crippen LogP contribution is -2.54. The van der Waals surface area contributed by atoms with Crippen LogP contribution >= 0.6 is 0 Å². The summed E-state index contributed by atoms with van der Waals surface area (Å²) >= 11 is 0. The molecular formula is C20H34N4. The SMILES string of the molecule is CC[C@@H]1CN(Cc2cnc(C3CCCCC3)nc2)CCN1C(C)C. The van der Waals surface area contributed by atoms with Gasteiger partial charge < -0.3 is 0 Å². The Kier molecular flexibility index (Phi) is 6.23. The minimum absolute atomic E-state index is 0.604. The van der Waals surface area contributed by atoms with Gasteiger partial charge in [0.2, 0.25) is 0 Å². The van der Waals surface area contributed by atoms with Crippen LogP contribution in [0.5, 0.6) is 0 Å². The van der Waals surface area contributed by atoms with Crippen LogP contribution < -0.4 is 0 Å². The number of hydrogen-bond acceptors (Lipinski definition) is 4. The molecule has 4 nitrogen and oxygen atoms in total. The molecule has 3 rings (SSSR count). The molecule has 0 radical (unpaired) electrons. The van der Waals surface area contributed by atoms with E-state index in [0.29, 0.717) is 18.0 Å². The molecule has 1 aliphatic carbocycles. The third-order valence-electron chi connectivity index (χ3n) is 5.85. The molecule has 0 spiro atoms. The Balaban J connectivity index is 1.56. The van der Waals surface area contributed by atoms with Crippen LogP contribution in [-0.4, -0.2) is 51.5 Å². The maximum absolute atomic E-state index is 4.70. The average Bonchev–Trinajstić information content (AvgIpc) is 2.63. The van der Waals surface area contributed by atoms with Crippen LogP contribution in [0.2, 0.25) is 0 Å². The fourth-order valence-electron chi connectivity index (χ4n) is 4.40. The third kappa shape index (κ3) is 4.34. The van der Waals surface area contributed by atoms with Crippen molar-refractivity contribution in [2.24, 2.45) is 0 Å². The molecule has 2 fully saturated rings. The molecule has 0 N–H and O–H groups in total. The van der Waals surface area contributed by atoms with Gasteiger partial charge in [-0.2, -0.15) is 0 Å². The zero-order valence-corrected chi connectivity index (χ0v) is 15.7. The average molecular weight is 331 g/mol. The van der Waals surface area contributed by atoms with Crippen molar-refractivity contribution in [3.8, 4) is 0 Å². The first-order valence-corrected chi connectivity index (χ1v) is 9.96. The van der Waals surface area contributed by atoms with Crippen LogP contribution in [0.4, 0.5) is 0 Å². The second-order valence-corrected chi connectivity index (χ2v) is 7.91. The second-order valence-electron chi connectivity index (χ2n) is 7.91. The van der Waals surface area contributed by atoms with Crippen molar-refractivity contribution in [3.63, 3.8) is 0 Å². The summed E-state index contributed by atoms with van der Waals surface area (Å²) < 4.78 is 0. The molecule has 0 amide bonds. The molecule has 0 unspecified atom stereocenters. The minimum Gasteiger partial charge on any atom is -0.296 e. The molecule has 1 saturated carbocycles. The van der Waals surface area contributed by atoms with Crippen molar-refractivity contribution in [2.75, 3.05) is 19.6 Å².